The van der Waals surface area contributed by atoms with Crippen LogP contribution in [-0.2, 0) is 0 Å². The van der Waals surface area contributed by atoms with Gasteiger partial charge in [-0.3, -0.25) is 4.98 Å². The summed E-state index contributed by atoms with van der Waals surface area (Å²) in [4.78, 5) is 4.51. The van der Waals surface area contributed by atoms with Crippen LogP contribution in [0.4, 0.5) is 0 Å². The Labute approximate surface area is 110 Å². The smallest absolute Gasteiger partial charge is 0.140 e. The minimum atomic E-state index is 0.189. The highest BCUT2D eigenvalue weighted by Gasteiger charge is 2.35. The Morgan fingerprint density at radius 1 is 1.39 bits per heavy atom. The van der Waals surface area contributed by atoms with Crippen LogP contribution in [0.1, 0.15) is 45.2 Å². The van der Waals surface area contributed by atoms with E-state index in [1.807, 2.05) is 18.3 Å². The molecular formula is C15H24N2O. The van der Waals surface area contributed by atoms with E-state index in [4.69, 9.17) is 4.74 Å². The standard InChI is InChI=1S/C15H24N2O/c1-15(2,3)17-10-11-7-8-12(11)14-13(18-4)6-5-9-16-14/h5-6,9,11-12,17H,7-8,10H2,1-4H3. The Balaban J connectivity index is 2.01. The monoisotopic (exact) mass is 248 g/mol. The third-order valence-electron chi connectivity index (χ3n) is 3.68. The van der Waals surface area contributed by atoms with Crippen molar-refractivity contribution in [3.63, 3.8) is 0 Å². The number of nitrogens with one attached hydrogen (secondary N) is 1. The molecule has 0 amide bonds. The highest BCUT2D eigenvalue weighted by molar-refractivity contribution is 5.31. The van der Waals surface area contributed by atoms with Gasteiger partial charge in [0.2, 0.25) is 0 Å². The molecule has 2 atom stereocenters. The summed E-state index contributed by atoms with van der Waals surface area (Å²) in [5.74, 6) is 2.17. The van der Waals surface area contributed by atoms with Crippen molar-refractivity contribution in [2.75, 3.05) is 13.7 Å². The minimum Gasteiger partial charge on any atom is -0.495 e. The number of rotatable bonds is 4. The fraction of sp³-hybridized carbons (Fsp3) is 0.667. The predicted octanol–water partition coefficient (Wildman–Crippen LogP) is 2.97. The number of nitrogens with zero attached hydrogens (tertiary/aromatic N) is 1. The normalized spacial score (nSPS) is 23.6. The predicted molar refractivity (Wildman–Crippen MR) is 74.0 cm³/mol. The van der Waals surface area contributed by atoms with Crippen LogP contribution in [0.5, 0.6) is 5.75 Å². The maximum absolute atomic E-state index is 5.41. The first kappa shape index (κ1) is 13.3. The van der Waals surface area contributed by atoms with Gasteiger partial charge < -0.3 is 10.1 Å². The summed E-state index contributed by atoms with van der Waals surface area (Å²) in [6.45, 7) is 7.69. The van der Waals surface area contributed by atoms with E-state index in [9.17, 15) is 0 Å². The largest absolute Gasteiger partial charge is 0.495 e. The molecule has 3 heteroatoms. The number of hydrogen-bond acceptors (Lipinski definition) is 3. The molecule has 1 aromatic heterocycles. The van der Waals surface area contributed by atoms with Gasteiger partial charge in [-0.05, 0) is 58.2 Å². The van der Waals surface area contributed by atoms with Crippen molar-refractivity contribution in [2.24, 2.45) is 5.92 Å². The Bertz CT molecular complexity index is 398. The van der Waals surface area contributed by atoms with Gasteiger partial charge in [-0.1, -0.05) is 0 Å². The lowest BCUT2D eigenvalue weighted by Gasteiger charge is -2.38. The summed E-state index contributed by atoms with van der Waals surface area (Å²) in [6.07, 6.45) is 4.38. The van der Waals surface area contributed by atoms with Crippen LogP contribution in [-0.4, -0.2) is 24.2 Å². The van der Waals surface area contributed by atoms with Gasteiger partial charge in [0, 0.05) is 17.7 Å². The molecular weight excluding hydrogens is 224 g/mol. The molecule has 2 rings (SSSR count). The maximum atomic E-state index is 5.41. The van der Waals surface area contributed by atoms with Crippen LogP contribution in [0.2, 0.25) is 0 Å². The molecule has 1 aliphatic carbocycles. The molecule has 18 heavy (non-hydrogen) atoms. The van der Waals surface area contributed by atoms with E-state index in [2.05, 4.69) is 31.1 Å². The molecule has 0 aliphatic heterocycles. The highest BCUT2D eigenvalue weighted by Crippen LogP contribution is 2.44. The maximum Gasteiger partial charge on any atom is 0.140 e. The molecule has 0 aromatic carbocycles. The summed E-state index contributed by atoms with van der Waals surface area (Å²) in [6, 6.07) is 3.94. The fourth-order valence-corrected chi connectivity index (χ4v) is 2.46. The Morgan fingerprint density at radius 2 is 2.17 bits per heavy atom. The van der Waals surface area contributed by atoms with E-state index >= 15 is 0 Å². The third kappa shape index (κ3) is 3.02. The Morgan fingerprint density at radius 3 is 2.72 bits per heavy atom. The molecule has 1 saturated carbocycles. The van der Waals surface area contributed by atoms with E-state index in [1.165, 1.54) is 12.8 Å². The van der Waals surface area contributed by atoms with Crippen molar-refractivity contribution in [3.05, 3.63) is 24.0 Å². The number of aromatic nitrogens is 1. The molecule has 1 fully saturated rings. The van der Waals surface area contributed by atoms with Gasteiger partial charge in [0.15, 0.2) is 0 Å². The molecule has 1 aliphatic rings. The second-order valence-corrected chi connectivity index (χ2v) is 6.17. The van der Waals surface area contributed by atoms with E-state index in [1.54, 1.807) is 7.11 Å². The Hall–Kier alpha value is -1.09. The average Bonchev–Trinajstić information content (AvgIpc) is 2.27. The zero-order valence-corrected chi connectivity index (χ0v) is 11.9. The lowest BCUT2D eigenvalue weighted by atomic mass is 9.71. The zero-order valence-electron chi connectivity index (χ0n) is 11.9. The van der Waals surface area contributed by atoms with Crippen LogP contribution < -0.4 is 10.1 Å². The second kappa shape index (κ2) is 5.27. The van der Waals surface area contributed by atoms with E-state index in [0.29, 0.717) is 11.8 Å². The van der Waals surface area contributed by atoms with Gasteiger partial charge in [0.1, 0.15) is 5.75 Å². The Kier molecular flexibility index (Phi) is 3.91. The number of pyridine rings is 1. The van der Waals surface area contributed by atoms with Crippen LogP contribution in [0.3, 0.4) is 0 Å². The third-order valence-corrected chi connectivity index (χ3v) is 3.68. The zero-order chi connectivity index (χ0) is 13.2. The first-order chi connectivity index (χ1) is 8.51. The van der Waals surface area contributed by atoms with Crippen LogP contribution in [0.25, 0.3) is 0 Å². The van der Waals surface area contributed by atoms with Crippen molar-refractivity contribution in [1.82, 2.24) is 10.3 Å². The molecule has 1 N–H and O–H groups in total. The molecule has 0 radical (unpaired) electrons. The van der Waals surface area contributed by atoms with Crippen molar-refractivity contribution < 1.29 is 4.74 Å². The molecule has 3 nitrogen and oxygen atoms in total. The molecule has 1 aromatic rings. The van der Waals surface area contributed by atoms with Crippen LogP contribution in [0.15, 0.2) is 18.3 Å². The first-order valence-electron chi connectivity index (χ1n) is 6.75. The first-order valence-corrected chi connectivity index (χ1v) is 6.75. The topological polar surface area (TPSA) is 34.1 Å². The van der Waals surface area contributed by atoms with Gasteiger partial charge in [-0.25, -0.2) is 0 Å². The molecule has 100 valence electrons. The molecule has 0 saturated heterocycles. The van der Waals surface area contributed by atoms with E-state index in [0.717, 1.165) is 18.0 Å². The van der Waals surface area contributed by atoms with Gasteiger partial charge in [0.25, 0.3) is 0 Å². The average molecular weight is 248 g/mol. The van der Waals surface area contributed by atoms with Crippen LogP contribution >= 0.6 is 0 Å². The van der Waals surface area contributed by atoms with Crippen LogP contribution in [0, 0.1) is 5.92 Å². The molecule has 1 heterocycles. The fourth-order valence-electron chi connectivity index (χ4n) is 2.46. The lowest BCUT2D eigenvalue weighted by Crippen LogP contribution is -2.43. The summed E-state index contributed by atoms with van der Waals surface area (Å²) in [5.41, 5.74) is 1.32. The second-order valence-electron chi connectivity index (χ2n) is 6.17. The van der Waals surface area contributed by atoms with Crippen molar-refractivity contribution in [2.45, 2.75) is 45.1 Å². The minimum absolute atomic E-state index is 0.189. The van der Waals surface area contributed by atoms with Crippen molar-refractivity contribution in [3.8, 4) is 5.75 Å². The van der Waals surface area contributed by atoms with Crippen molar-refractivity contribution >= 4 is 0 Å². The quantitative estimate of drug-likeness (QED) is 0.889. The molecule has 2 unspecified atom stereocenters. The van der Waals surface area contributed by atoms with E-state index < -0.39 is 0 Å². The number of hydrogen-bond donors (Lipinski definition) is 1. The van der Waals surface area contributed by atoms with E-state index in [-0.39, 0.29) is 5.54 Å². The van der Waals surface area contributed by atoms with Gasteiger partial charge in [-0.2, -0.15) is 0 Å². The molecule has 0 spiro atoms. The van der Waals surface area contributed by atoms with Gasteiger partial charge in [-0.15, -0.1) is 0 Å². The van der Waals surface area contributed by atoms with Gasteiger partial charge in [0.05, 0.1) is 12.8 Å². The molecule has 0 bridgehead atoms. The summed E-state index contributed by atoms with van der Waals surface area (Å²) in [5, 5.41) is 3.59. The van der Waals surface area contributed by atoms with Gasteiger partial charge >= 0.3 is 0 Å². The summed E-state index contributed by atoms with van der Waals surface area (Å²) < 4.78 is 5.41. The van der Waals surface area contributed by atoms with Crippen molar-refractivity contribution in [1.29, 1.82) is 0 Å². The summed E-state index contributed by atoms with van der Waals surface area (Å²) >= 11 is 0. The SMILES string of the molecule is COc1cccnc1C1CCC1CNC(C)(C)C. The number of ether oxygens (including phenoxy) is 1. The summed E-state index contributed by atoms with van der Waals surface area (Å²) in [7, 11) is 1.72. The number of methoxy groups -OCH3 is 1. The lowest BCUT2D eigenvalue weighted by molar-refractivity contribution is 0.217. The highest BCUT2D eigenvalue weighted by atomic mass is 16.5.